The summed E-state index contributed by atoms with van der Waals surface area (Å²) in [4.78, 5) is 10.3. The van der Waals surface area contributed by atoms with Gasteiger partial charge in [-0.25, -0.2) is 9.37 Å². The minimum atomic E-state index is -0.459. The Balaban J connectivity index is 1.48. The van der Waals surface area contributed by atoms with Gasteiger partial charge in [0.25, 0.3) is 0 Å². The number of fused-ring (bicyclic) bond motifs is 1. The van der Waals surface area contributed by atoms with Gasteiger partial charge >= 0.3 is 0 Å². The van der Waals surface area contributed by atoms with Gasteiger partial charge in [-0.3, -0.25) is 4.90 Å². The summed E-state index contributed by atoms with van der Waals surface area (Å²) in [6.07, 6.45) is 2.21. The van der Waals surface area contributed by atoms with E-state index in [1.54, 1.807) is 6.07 Å². The van der Waals surface area contributed by atoms with E-state index in [1.165, 1.54) is 5.56 Å². The van der Waals surface area contributed by atoms with Crippen molar-refractivity contribution in [3.63, 3.8) is 0 Å². The standard InChI is InChI=1S/C21H24FN3O/c1-25(18-8-10-26-11-9-18)14-15-2-5-17(6-3-15)21-23-19-7-4-16(13-22)12-20(19)24-21/h2-7,12,18H,8-11,13-14H2,1H3,(H,23,24). The summed E-state index contributed by atoms with van der Waals surface area (Å²) in [5.41, 5.74) is 4.73. The highest BCUT2D eigenvalue weighted by molar-refractivity contribution is 5.80. The van der Waals surface area contributed by atoms with Gasteiger partial charge < -0.3 is 9.72 Å². The third kappa shape index (κ3) is 3.64. The van der Waals surface area contributed by atoms with Crippen LogP contribution in [0.4, 0.5) is 4.39 Å². The smallest absolute Gasteiger partial charge is 0.138 e. The molecule has 2 heterocycles. The predicted octanol–water partition coefficient (Wildman–Crippen LogP) is 4.31. The summed E-state index contributed by atoms with van der Waals surface area (Å²) in [7, 11) is 2.19. The summed E-state index contributed by atoms with van der Waals surface area (Å²) >= 11 is 0. The second kappa shape index (κ2) is 7.56. The Morgan fingerprint density at radius 2 is 1.85 bits per heavy atom. The average molecular weight is 353 g/mol. The second-order valence-electron chi connectivity index (χ2n) is 7.03. The van der Waals surface area contributed by atoms with Gasteiger partial charge in [0, 0.05) is 31.4 Å². The first-order valence-electron chi connectivity index (χ1n) is 9.15. The number of aromatic nitrogens is 2. The van der Waals surface area contributed by atoms with Crippen molar-refractivity contribution in [1.82, 2.24) is 14.9 Å². The van der Waals surface area contributed by atoms with Gasteiger partial charge in [-0.05, 0) is 43.1 Å². The summed E-state index contributed by atoms with van der Waals surface area (Å²) in [6, 6.07) is 14.6. The molecule has 0 atom stereocenters. The third-order valence-corrected chi connectivity index (χ3v) is 5.17. The fourth-order valence-electron chi connectivity index (χ4n) is 3.59. The third-order valence-electron chi connectivity index (χ3n) is 5.17. The first-order valence-corrected chi connectivity index (χ1v) is 9.15. The van der Waals surface area contributed by atoms with Crippen molar-refractivity contribution in [3.05, 3.63) is 53.6 Å². The van der Waals surface area contributed by atoms with Crippen LogP contribution in [-0.2, 0) is 18.0 Å². The molecule has 1 aliphatic rings. The molecule has 1 fully saturated rings. The molecule has 1 aliphatic heterocycles. The maximum absolute atomic E-state index is 12.8. The maximum Gasteiger partial charge on any atom is 0.138 e. The normalized spacial score (nSPS) is 15.8. The molecule has 4 rings (SSSR count). The highest BCUT2D eigenvalue weighted by Crippen LogP contribution is 2.23. The van der Waals surface area contributed by atoms with Crippen LogP contribution in [0.15, 0.2) is 42.5 Å². The van der Waals surface area contributed by atoms with Crippen LogP contribution in [0, 0.1) is 0 Å². The Labute approximate surface area is 153 Å². The summed E-state index contributed by atoms with van der Waals surface area (Å²) in [6.45, 7) is 2.21. The average Bonchev–Trinajstić information content (AvgIpc) is 3.12. The molecule has 0 spiro atoms. The fourth-order valence-corrected chi connectivity index (χ4v) is 3.59. The van der Waals surface area contributed by atoms with Gasteiger partial charge in [0.1, 0.15) is 12.5 Å². The highest BCUT2D eigenvalue weighted by atomic mass is 19.1. The Hall–Kier alpha value is -2.24. The van der Waals surface area contributed by atoms with Gasteiger partial charge in [-0.1, -0.05) is 30.3 Å². The molecule has 136 valence electrons. The van der Waals surface area contributed by atoms with Crippen LogP contribution >= 0.6 is 0 Å². The lowest BCUT2D eigenvalue weighted by atomic mass is 10.1. The zero-order valence-corrected chi connectivity index (χ0v) is 15.0. The van der Waals surface area contributed by atoms with E-state index in [1.807, 2.05) is 12.1 Å². The molecule has 26 heavy (non-hydrogen) atoms. The van der Waals surface area contributed by atoms with Crippen LogP contribution in [0.1, 0.15) is 24.0 Å². The number of benzene rings is 2. The molecule has 5 heteroatoms. The molecular weight excluding hydrogens is 329 g/mol. The van der Waals surface area contributed by atoms with Crippen LogP contribution in [0.3, 0.4) is 0 Å². The first kappa shape index (κ1) is 17.2. The molecule has 0 radical (unpaired) electrons. The Bertz CT molecular complexity index is 869. The molecule has 2 aromatic carbocycles. The minimum absolute atomic E-state index is 0.459. The molecule has 1 saturated heterocycles. The first-order chi connectivity index (χ1) is 12.7. The van der Waals surface area contributed by atoms with Crippen molar-refractivity contribution in [2.45, 2.75) is 32.1 Å². The van der Waals surface area contributed by atoms with Crippen molar-refractivity contribution in [2.75, 3.05) is 20.3 Å². The maximum atomic E-state index is 12.8. The van der Waals surface area contributed by atoms with E-state index in [9.17, 15) is 4.39 Å². The number of hydrogen-bond acceptors (Lipinski definition) is 3. The van der Waals surface area contributed by atoms with E-state index in [0.29, 0.717) is 11.6 Å². The van der Waals surface area contributed by atoms with Crippen LogP contribution in [0.25, 0.3) is 22.4 Å². The van der Waals surface area contributed by atoms with Crippen LogP contribution < -0.4 is 0 Å². The number of nitrogens with one attached hydrogen (secondary N) is 1. The second-order valence-corrected chi connectivity index (χ2v) is 7.03. The lowest BCUT2D eigenvalue weighted by Gasteiger charge is -2.31. The molecule has 0 amide bonds. The number of nitrogens with zero attached hydrogens (tertiary/aromatic N) is 2. The van der Waals surface area contributed by atoms with Crippen molar-refractivity contribution in [2.24, 2.45) is 0 Å². The SMILES string of the molecule is CN(Cc1ccc(-c2nc3ccc(CF)cc3[nH]2)cc1)C1CCOCC1. The molecule has 0 saturated carbocycles. The fraction of sp³-hybridized carbons (Fsp3) is 0.381. The van der Waals surface area contributed by atoms with Crippen LogP contribution in [0.2, 0.25) is 0 Å². The monoisotopic (exact) mass is 353 g/mol. The van der Waals surface area contributed by atoms with Gasteiger partial charge in [-0.2, -0.15) is 0 Å². The van der Waals surface area contributed by atoms with E-state index < -0.39 is 6.67 Å². The number of aromatic amines is 1. The minimum Gasteiger partial charge on any atom is -0.381 e. The molecule has 4 nitrogen and oxygen atoms in total. The largest absolute Gasteiger partial charge is 0.381 e. The van der Waals surface area contributed by atoms with Gasteiger partial charge in [0.15, 0.2) is 0 Å². The van der Waals surface area contributed by atoms with Gasteiger partial charge in [-0.15, -0.1) is 0 Å². The van der Waals surface area contributed by atoms with E-state index in [0.717, 1.165) is 55.0 Å². The Morgan fingerprint density at radius 1 is 1.12 bits per heavy atom. The molecule has 1 N–H and O–H groups in total. The summed E-state index contributed by atoms with van der Waals surface area (Å²) in [5.74, 6) is 0.820. The van der Waals surface area contributed by atoms with E-state index in [-0.39, 0.29) is 0 Å². The number of halogens is 1. The quantitative estimate of drug-likeness (QED) is 0.743. The molecule has 0 aliphatic carbocycles. The Kier molecular flexibility index (Phi) is 5.00. The molecule has 0 unspecified atom stereocenters. The number of alkyl halides is 1. The molecule has 0 bridgehead atoms. The molecular formula is C21H24FN3O. The Morgan fingerprint density at radius 3 is 2.58 bits per heavy atom. The van der Waals surface area contributed by atoms with Crippen molar-refractivity contribution >= 4 is 11.0 Å². The van der Waals surface area contributed by atoms with E-state index in [4.69, 9.17) is 4.74 Å². The number of hydrogen-bond donors (Lipinski definition) is 1. The molecule has 3 aromatic rings. The molecule has 1 aromatic heterocycles. The number of imidazole rings is 1. The number of rotatable bonds is 5. The highest BCUT2D eigenvalue weighted by Gasteiger charge is 2.18. The lowest BCUT2D eigenvalue weighted by molar-refractivity contribution is 0.0407. The van der Waals surface area contributed by atoms with Crippen molar-refractivity contribution in [3.8, 4) is 11.4 Å². The van der Waals surface area contributed by atoms with Crippen molar-refractivity contribution < 1.29 is 9.13 Å². The van der Waals surface area contributed by atoms with E-state index in [2.05, 4.69) is 46.2 Å². The number of ether oxygens (including phenoxy) is 1. The topological polar surface area (TPSA) is 41.2 Å². The zero-order valence-electron chi connectivity index (χ0n) is 15.0. The van der Waals surface area contributed by atoms with Gasteiger partial charge in [0.05, 0.1) is 11.0 Å². The lowest BCUT2D eigenvalue weighted by Crippen LogP contribution is -2.36. The number of H-pyrrole nitrogens is 1. The van der Waals surface area contributed by atoms with Crippen LogP contribution in [-0.4, -0.2) is 41.2 Å². The zero-order chi connectivity index (χ0) is 17.9. The van der Waals surface area contributed by atoms with Gasteiger partial charge in [0.2, 0.25) is 0 Å². The van der Waals surface area contributed by atoms with Crippen LogP contribution in [0.5, 0.6) is 0 Å². The van der Waals surface area contributed by atoms with E-state index >= 15 is 0 Å². The summed E-state index contributed by atoms with van der Waals surface area (Å²) < 4.78 is 18.3. The summed E-state index contributed by atoms with van der Waals surface area (Å²) in [5, 5.41) is 0. The predicted molar refractivity (Wildman–Crippen MR) is 102 cm³/mol. The van der Waals surface area contributed by atoms with Crippen molar-refractivity contribution in [1.29, 1.82) is 0 Å².